The first kappa shape index (κ1) is 64.7. The predicted molar refractivity (Wildman–Crippen MR) is 242 cm³/mol. The van der Waals surface area contributed by atoms with E-state index in [0.717, 1.165) is 48.5 Å². The van der Waals surface area contributed by atoms with Gasteiger partial charge in [0.05, 0.1) is 57.5 Å². The molecule has 0 atom stereocenters. The predicted octanol–water partition coefficient (Wildman–Crippen LogP) is -6.44. The summed E-state index contributed by atoms with van der Waals surface area (Å²) < 4.78 is 155. The number of aliphatic hydroxyl groups excluding tert-OH is 1. The second-order valence-electron chi connectivity index (χ2n) is 14.4. The third-order valence-corrected chi connectivity index (χ3v) is 13.1. The van der Waals surface area contributed by atoms with Crippen molar-refractivity contribution >= 4 is 114 Å². The summed E-state index contributed by atoms with van der Waals surface area (Å²) in [4.78, 5) is 9.83. The molecule has 34 heteroatoms. The van der Waals surface area contributed by atoms with Gasteiger partial charge in [0.15, 0.2) is 5.75 Å². The number of phenols is 1. The van der Waals surface area contributed by atoms with Gasteiger partial charge in [-0.15, -0.1) is 15.3 Å². The minimum Gasteiger partial charge on any atom is -0.744 e. The number of anilines is 5. The van der Waals surface area contributed by atoms with Crippen LogP contribution in [0, 0.1) is 6.92 Å². The van der Waals surface area contributed by atoms with Crippen molar-refractivity contribution in [1.82, 2.24) is 15.0 Å². The van der Waals surface area contributed by atoms with Crippen LogP contribution in [-0.4, -0.2) is 104 Å². The molecule has 6 aromatic carbocycles. The number of rotatable bonds is 17. The number of phenolic OH excluding ortho intramolecular Hbond substituents is 1. The zero-order chi connectivity index (χ0) is 50.9. The maximum Gasteiger partial charge on any atom is 1.00 e. The quantitative estimate of drug-likeness (QED) is 0.0322. The minimum absolute atomic E-state index is 0. The van der Waals surface area contributed by atoms with Crippen LogP contribution in [0.3, 0.4) is 0 Å². The van der Waals surface area contributed by atoms with E-state index in [2.05, 4.69) is 51.4 Å². The molecule has 0 aliphatic carbocycles. The summed E-state index contributed by atoms with van der Waals surface area (Å²) in [5, 5.41) is 45.4. The molecule has 0 fully saturated rings. The van der Waals surface area contributed by atoms with Crippen molar-refractivity contribution in [3.8, 4) is 17.2 Å². The molecule has 26 nitrogen and oxygen atoms in total. The van der Waals surface area contributed by atoms with Crippen LogP contribution in [0.25, 0.3) is 21.5 Å². The Bertz CT molecular complexity index is 3800. The Kier molecular flexibility index (Phi) is 22.9. The number of aromatic nitrogens is 3. The van der Waals surface area contributed by atoms with Crippen LogP contribution >= 0.6 is 0 Å². The molecule has 0 unspecified atom stereocenters. The molecule has 7 rings (SSSR count). The third-order valence-electron chi connectivity index (χ3n) is 9.82. The van der Waals surface area contributed by atoms with Crippen LogP contribution < -0.4 is 144 Å². The Labute approximate surface area is 510 Å². The number of benzene rings is 6. The van der Waals surface area contributed by atoms with Crippen LogP contribution in [0.4, 0.5) is 52.0 Å². The largest absolute Gasteiger partial charge is 1.00 e. The fourth-order valence-corrected chi connectivity index (χ4v) is 8.75. The average molecular weight is 1130 g/mol. The summed E-state index contributed by atoms with van der Waals surface area (Å²) >= 11 is 0. The first-order valence-electron chi connectivity index (χ1n) is 19.4. The topological polar surface area (TPSA) is 412 Å². The van der Waals surface area contributed by atoms with E-state index in [-0.39, 0.29) is 211 Å². The standard InChI is InChI=1S/C40H36N10O16S4.4Na/c1-20-13-31(34(66-3)19-29(20)47-48-30-17-24(69(59,60)61)15-21-14-22(67(53,54)55)7-9-25(21)30)43-40-45-38(41-11-12-51)44-39(46-40)42-28-6-4-5-26-27(28)18-35(70(62,63)64)36(37(26)52)50-49-32-16-23(68(56,57)58)8-10-33(32)65-2;;;;/h4-10,13-19,51-52H,11-12H2,1-3H3,(H,53,54,55)(H,56,57,58)(H,59,60,61)(H,62,63,64)(H3,41,42,43,44,45,46);;;;/q;4*+1/p-4. The summed E-state index contributed by atoms with van der Waals surface area (Å²) in [6.07, 6.45) is 0. The monoisotopic (exact) mass is 1130 g/mol. The van der Waals surface area contributed by atoms with Crippen LogP contribution in [0.1, 0.15) is 5.56 Å². The molecule has 1 heterocycles. The molecule has 0 bridgehead atoms. The first-order valence-corrected chi connectivity index (χ1v) is 25.1. The van der Waals surface area contributed by atoms with Crippen molar-refractivity contribution in [2.45, 2.75) is 26.5 Å². The molecule has 5 N–H and O–H groups in total. The number of hydrogen-bond acceptors (Lipinski definition) is 26. The van der Waals surface area contributed by atoms with Gasteiger partial charge < -0.3 is 53.8 Å². The molecule has 366 valence electrons. The van der Waals surface area contributed by atoms with Gasteiger partial charge in [-0.05, 0) is 78.5 Å². The first-order chi connectivity index (χ1) is 32.9. The van der Waals surface area contributed by atoms with Crippen molar-refractivity contribution in [2.24, 2.45) is 20.5 Å². The molecule has 7 aromatic rings. The summed E-state index contributed by atoms with van der Waals surface area (Å²) in [5.74, 6) is -1.27. The molecule has 0 saturated carbocycles. The second kappa shape index (κ2) is 26.2. The van der Waals surface area contributed by atoms with Crippen LogP contribution in [0.2, 0.25) is 0 Å². The van der Waals surface area contributed by atoms with Gasteiger partial charge in [0.25, 0.3) is 0 Å². The molecule has 1 aromatic heterocycles. The Hall–Kier alpha value is -3.55. The average Bonchev–Trinajstić information content (AvgIpc) is 3.28. The fourth-order valence-electron chi connectivity index (χ4n) is 6.59. The molecule has 74 heavy (non-hydrogen) atoms. The van der Waals surface area contributed by atoms with Gasteiger partial charge in [-0.2, -0.15) is 20.1 Å². The smallest absolute Gasteiger partial charge is 0.744 e. The Morgan fingerprint density at radius 3 is 1.69 bits per heavy atom. The Balaban J connectivity index is 0.00000361. The molecule has 0 radical (unpaired) electrons. The molecule has 0 saturated heterocycles. The minimum atomic E-state index is -5.44. The molecular weight excluding hydrogens is 1100 g/mol. The number of aryl methyl sites for hydroxylation is 1. The SMILES string of the molecule is COc1ccc(S(=O)(=O)[O-])cc1N=Nc1c(S(=O)(=O)[O-])cc2c(Nc3nc(NCCO)nc(Nc4cc(C)c(N=Nc5cc(S(=O)(=O)[O-])cc6cc(S(=O)(=O)[O-])ccc56)cc4OC)n3)cccc2c1O.[Na+].[Na+].[Na+].[Na+]. The molecular formula is C40H32N10Na4O16S4. The number of nitrogens with one attached hydrogen (secondary N) is 3. The number of nitrogens with zero attached hydrogens (tertiary/aromatic N) is 7. The number of ether oxygens (including phenoxy) is 2. The Morgan fingerprint density at radius 2 is 1.09 bits per heavy atom. The van der Waals surface area contributed by atoms with E-state index in [1.54, 1.807) is 13.0 Å². The number of fused-ring (bicyclic) bond motifs is 2. The van der Waals surface area contributed by atoms with E-state index >= 15 is 0 Å². The molecule has 0 aliphatic heterocycles. The van der Waals surface area contributed by atoms with Crippen LogP contribution in [-0.2, 0) is 40.5 Å². The third kappa shape index (κ3) is 15.3. The summed E-state index contributed by atoms with van der Waals surface area (Å²) in [6.45, 7) is 1.24. The van der Waals surface area contributed by atoms with E-state index in [1.807, 2.05) is 0 Å². The van der Waals surface area contributed by atoms with Crippen molar-refractivity contribution in [3.05, 3.63) is 90.5 Å². The van der Waals surface area contributed by atoms with Gasteiger partial charge in [-0.25, -0.2) is 33.7 Å². The Morgan fingerprint density at radius 1 is 0.554 bits per heavy atom. The second-order valence-corrected chi connectivity index (χ2v) is 19.9. The number of aromatic hydroxyl groups is 1. The van der Waals surface area contributed by atoms with Crippen molar-refractivity contribution in [1.29, 1.82) is 0 Å². The van der Waals surface area contributed by atoms with Gasteiger partial charge in [0, 0.05) is 34.5 Å². The van der Waals surface area contributed by atoms with Crippen LogP contribution in [0.5, 0.6) is 17.2 Å². The van der Waals surface area contributed by atoms with Crippen molar-refractivity contribution in [3.63, 3.8) is 0 Å². The van der Waals surface area contributed by atoms with Gasteiger partial charge in [0.1, 0.15) is 63.3 Å². The number of hydrogen-bond donors (Lipinski definition) is 5. The molecule has 0 spiro atoms. The zero-order valence-electron chi connectivity index (χ0n) is 39.9. The summed E-state index contributed by atoms with van der Waals surface area (Å²) in [6, 6.07) is 15.8. The van der Waals surface area contributed by atoms with Gasteiger partial charge in [-0.1, -0.05) is 18.2 Å². The summed E-state index contributed by atoms with van der Waals surface area (Å²) in [7, 11) is -17.9. The maximum absolute atomic E-state index is 12.7. The number of aliphatic hydroxyl groups is 1. The molecule has 0 amide bonds. The fraction of sp³-hybridized carbons (Fsp3) is 0.125. The van der Waals surface area contributed by atoms with Gasteiger partial charge >= 0.3 is 118 Å². The van der Waals surface area contributed by atoms with Crippen molar-refractivity contribution in [2.75, 3.05) is 43.3 Å². The van der Waals surface area contributed by atoms with Gasteiger partial charge in [0.2, 0.25) is 17.8 Å². The molecule has 0 aliphatic rings. The van der Waals surface area contributed by atoms with E-state index in [9.17, 15) is 62.1 Å². The van der Waals surface area contributed by atoms with Crippen molar-refractivity contribution < 1.29 is 190 Å². The van der Waals surface area contributed by atoms with E-state index in [0.29, 0.717) is 5.56 Å². The summed E-state index contributed by atoms with van der Waals surface area (Å²) in [5.41, 5.74) is -0.485. The normalized spacial score (nSPS) is 11.8. The number of azo groups is 2. The van der Waals surface area contributed by atoms with E-state index in [4.69, 9.17) is 9.47 Å². The maximum atomic E-state index is 12.7. The van der Waals surface area contributed by atoms with Crippen LogP contribution in [0.15, 0.2) is 125 Å². The van der Waals surface area contributed by atoms with Gasteiger partial charge in [-0.3, -0.25) is 0 Å². The number of methoxy groups -OCH3 is 2. The van der Waals surface area contributed by atoms with E-state index in [1.165, 1.54) is 44.6 Å². The zero-order valence-corrected chi connectivity index (χ0v) is 51.1. The van der Waals surface area contributed by atoms with E-state index < -0.39 is 71.5 Å².